The molecule has 0 aromatic heterocycles. The third kappa shape index (κ3) is 4.07. The van der Waals surface area contributed by atoms with Gasteiger partial charge >= 0.3 is 0 Å². The van der Waals surface area contributed by atoms with Crippen molar-refractivity contribution in [3.63, 3.8) is 0 Å². The standard InChI is InChI=1S/C21H16N2O4/c1-27-19-10-6-5-9-18(19)21(24)20(22-16-7-3-2-4-8-16)15-11-13-17(14-12-15)23(25)26/h2-14H,1H3. The average Bonchev–Trinajstić information content (AvgIpc) is 2.72. The lowest BCUT2D eigenvalue weighted by molar-refractivity contribution is -0.384. The molecule has 0 heterocycles. The number of ether oxygens (including phenoxy) is 1. The van der Waals surface area contributed by atoms with Gasteiger partial charge in [-0.15, -0.1) is 0 Å². The molecule has 0 amide bonds. The highest BCUT2D eigenvalue weighted by Crippen LogP contribution is 2.23. The summed E-state index contributed by atoms with van der Waals surface area (Å²) in [7, 11) is 1.49. The number of hydrogen-bond acceptors (Lipinski definition) is 5. The van der Waals surface area contributed by atoms with E-state index in [9.17, 15) is 14.9 Å². The Morgan fingerprint density at radius 2 is 1.56 bits per heavy atom. The minimum atomic E-state index is -0.486. The first kappa shape index (κ1) is 18.0. The van der Waals surface area contributed by atoms with Crippen molar-refractivity contribution in [2.45, 2.75) is 0 Å². The first-order chi connectivity index (χ1) is 13.1. The van der Waals surface area contributed by atoms with Gasteiger partial charge in [0.1, 0.15) is 11.5 Å². The molecule has 0 unspecified atom stereocenters. The number of aliphatic imine (C=N–C) groups is 1. The zero-order chi connectivity index (χ0) is 19.2. The maximum Gasteiger partial charge on any atom is 0.269 e. The van der Waals surface area contributed by atoms with Crippen LogP contribution in [0.5, 0.6) is 5.75 Å². The van der Waals surface area contributed by atoms with Crippen LogP contribution in [0.3, 0.4) is 0 Å². The molecule has 0 aliphatic heterocycles. The topological polar surface area (TPSA) is 81.8 Å². The van der Waals surface area contributed by atoms with Gasteiger partial charge in [0, 0.05) is 17.7 Å². The first-order valence-electron chi connectivity index (χ1n) is 8.16. The Kier molecular flexibility index (Phi) is 5.37. The second-order valence-electron chi connectivity index (χ2n) is 5.63. The zero-order valence-electron chi connectivity index (χ0n) is 14.5. The fourth-order valence-corrected chi connectivity index (χ4v) is 2.58. The van der Waals surface area contributed by atoms with Crippen molar-refractivity contribution in [3.8, 4) is 5.75 Å². The molecule has 6 nitrogen and oxygen atoms in total. The number of methoxy groups -OCH3 is 1. The third-order valence-corrected chi connectivity index (χ3v) is 3.92. The number of nitro groups is 1. The van der Waals surface area contributed by atoms with E-state index >= 15 is 0 Å². The van der Waals surface area contributed by atoms with Crippen LogP contribution in [0.1, 0.15) is 15.9 Å². The molecule has 3 aromatic rings. The Hall–Kier alpha value is -3.80. The van der Waals surface area contributed by atoms with Gasteiger partial charge < -0.3 is 4.74 Å². The van der Waals surface area contributed by atoms with Crippen LogP contribution in [-0.2, 0) is 0 Å². The smallest absolute Gasteiger partial charge is 0.269 e. The van der Waals surface area contributed by atoms with E-state index in [-0.39, 0.29) is 17.2 Å². The highest BCUT2D eigenvalue weighted by atomic mass is 16.6. The number of Topliss-reactive ketones (excluding diaryl/α,β-unsaturated/α-hetero) is 1. The highest BCUT2D eigenvalue weighted by Gasteiger charge is 2.20. The average molecular weight is 360 g/mol. The van der Waals surface area contributed by atoms with E-state index in [4.69, 9.17) is 4.74 Å². The molecule has 0 atom stereocenters. The van der Waals surface area contributed by atoms with Crippen LogP contribution in [0.25, 0.3) is 0 Å². The van der Waals surface area contributed by atoms with E-state index in [1.165, 1.54) is 31.4 Å². The number of carbonyl (C=O) groups excluding carboxylic acids is 1. The molecule has 0 radical (unpaired) electrons. The summed E-state index contributed by atoms with van der Waals surface area (Å²) in [4.78, 5) is 28.1. The van der Waals surface area contributed by atoms with Gasteiger partial charge in [-0.3, -0.25) is 14.9 Å². The van der Waals surface area contributed by atoms with Crippen molar-refractivity contribution >= 4 is 22.9 Å². The van der Waals surface area contributed by atoms with E-state index in [1.54, 1.807) is 36.4 Å². The second kappa shape index (κ2) is 8.05. The molecule has 134 valence electrons. The molecule has 0 bridgehead atoms. The molecule has 3 rings (SSSR count). The van der Waals surface area contributed by atoms with Crippen LogP contribution in [-0.4, -0.2) is 23.5 Å². The molecule has 0 fully saturated rings. The molecule has 0 N–H and O–H groups in total. The maximum atomic E-state index is 13.2. The third-order valence-electron chi connectivity index (χ3n) is 3.92. The molecular weight excluding hydrogens is 344 g/mol. The molecular formula is C21H16N2O4. The molecule has 0 saturated heterocycles. The lowest BCUT2D eigenvalue weighted by Gasteiger charge is -2.10. The summed E-state index contributed by atoms with van der Waals surface area (Å²) in [6.07, 6.45) is 0. The molecule has 0 aliphatic carbocycles. The van der Waals surface area contributed by atoms with Gasteiger partial charge in [0.2, 0.25) is 5.78 Å². The second-order valence-corrected chi connectivity index (χ2v) is 5.63. The summed E-state index contributed by atoms with van der Waals surface area (Å²) in [5.41, 5.74) is 1.59. The summed E-state index contributed by atoms with van der Waals surface area (Å²) < 4.78 is 5.29. The predicted molar refractivity (Wildman–Crippen MR) is 103 cm³/mol. The number of para-hydroxylation sites is 2. The van der Waals surface area contributed by atoms with Crippen LogP contribution in [0.2, 0.25) is 0 Å². The fraction of sp³-hybridized carbons (Fsp3) is 0.0476. The molecule has 27 heavy (non-hydrogen) atoms. The summed E-state index contributed by atoms with van der Waals surface area (Å²) in [5, 5.41) is 10.9. The van der Waals surface area contributed by atoms with Crippen molar-refractivity contribution in [3.05, 3.63) is 100 Å². The Bertz CT molecular complexity index is 996. The highest BCUT2D eigenvalue weighted by molar-refractivity contribution is 6.52. The van der Waals surface area contributed by atoms with Gasteiger partial charge in [-0.05, 0) is 36.4 Å². The number of hydrogen-bond donors (Lipinski definition) is 0. The van der Waals surface area contributed by atoms with Gasteiger partial charge in [0.25, 0.3) is 5.69 Å². The minimum Gasteiger partial charge on any atom is -0.496 e. The zero-order valence-corrected chi connectivity index (χ0v) is 14.5. The number of rotatable bonds is 6. The fourth-order valence-electron chi connectivity index (χ4n) is 2.58. The van der Waals surface area contributed by atoms with E-state index in [0.29, 0.717) is 22.6 Å². The van der Waals surface area contributed by atoms with Gasteiger partial charge in [0.15, 0.2) is 0 Å². The van der Waals surface area contributed by atoms with E-state index in [0.717, 1.165) is 0 Å². The van der Waals surface area contributed by atoms with Crippen molar-refractivity contribution < 1.29 is 14.5 Å². The monoisotopic (exact) mass is 360 g/mol. The van der Waals surface area contributed by atoms with Gasteiger partial charge in [-0.25, -0.2) is 4.99 Å². The van der Waals surface area contributed by atoms with Gasteiger partial charge in [0.05, 0.1) is 23.3 Å². The van der Waals surface area contributed by atoms with E-state index < -0.39 is 4.92 Å². The molecule has 0 aliphatic rings. The van der Waals surface area contributed by atoms with Crippen molar-refractivity contribution in [1.82, 2.24) is 0 Å². The van der Waals surface area contributed by atoms with Crippen LogP contribution in [0, 0.1) is 10.1 Å². The summed E-state index contributed by atoms with van der Waals surface area (Å²) in [6.45, 7) is 0. The number of carbonyl (C=O) groups is 1. The lowest BCUT2D eigenvalue weighted by atomic mass is 9.99. The number of nitro benzene ring substituents is 1. The Morgan fingerprint density at radius 3 is 2.19 bits per heavy atom. The number of ketones is 1. The van der Waals surface area contributed by atoms with Crippen LogP contribution >= 0.6 is 0 Å². The largest absolute Gasteiger partial charge is 0.496 e. The number of non-ortho nitro benzene ring substituents is 1. The molecule has 6 heteroatoms. The first-order valence-corrected chi connectivity index (χ1v) is 8.16. The minimum absolute atomic E-state index is 0.0532. The van der Waals surface area contributed by atoms with Crippen LogP contribution < -0.4 is 4.74 Å². The van der Waals surface area contributed by atoms with Crippen molar-refractivity contribution in [2.24, 2.45) is 4.99 Å². The SMILES string of the molecule is COc1ccccc1C(=O)C(=Nc1ccccc1)c1ccc([N+](=O)[O-])cc1. The quantitative estimate of drug-likeness (QED) is 0.278. The molecule has 0 spiro atoms. The van der Waals surface area contributed by atoms with Gasteiger partial charge in [-0.2, -0.15) is 0 Å². The van der Waals surface area contributed by atoms with Gasteiger partial charge in [-0.1, -0.05) is 30.3 Å². The normalized spacial score (nSPS) is 11.1. The molecule has 3 aromatic carbocycles. The summed E-state index contributed by atoms with van der Waals surface area (Å²) in [5.74, 6) is 0.107. The maximum absolute atomic E-state index is 13.2. The Morgan fingerprint density at radius 1 is 0.926 bits per heavy atom. The Labute approximate surface area is 155 Å². The van der Waals surface area contributed by atoms with Crippen molar-refractivity contribution in [1.29, 1.82) is 0 Å². The van der Waals surface area contributed by atoms with Crippen LogP contribution in [0.15, 0.2) is 83.9 Å². The number of nitrogens with zero attached hydrogens (tertiary/aromatic N) is 2. The Balaban J connectivity index is 2.11. The summed E-state index contributed by atoms with van der Waals surface area (Å²) >= 11 is 0. The lowest BCUT2D eigenvalue weighted by Crippen LogP contribution is -2.16. The van der Waals surface area contributed by atoms with E-state index in [1.807, 2.05) is 18.2 Å². The van der Waals surface area contributed by atoms with Crippen molar-refractivity contribution in [2.75, 3.05) is 7.11 Å². The van der Waals surface area contributed by atoms with Crippen LogP contribution in [0.4, 0.5) is 11.4 Å². The number of benzene rings is 3. The summed E-state index contributed by atoms with van der Waals surface area (Å²) in [6, 6.07) is 21.7. The predicted octanol–water partition coefficient (Wildman–Crippen LogP) is 4.61. The molecule has 0 saturated carbocycles. The van der Waals surface area contributed by atoms with E-state index in [2.05, 4.69) is 4.99 Å².